The van der Waals surface area contributed by atoms with Gasteiger partial charge in [-0.15, -0.1) is 6.58 Å². The van der Waals surface area contributed by atoms with Gasteiger partial charge in [-0.1, -0.05) is 34.1 Å². The lowest BCUT2D eigenvalue weighted by Gasteiger charge is -2.14. The van der Waals surface area contributed by atoms with E-state index in [0.29, 0.717) is 18.9 Å². The molecule has 1 saturated heterocycles. The highest BCUT2D eigenvalue weighted by molar-refractivity contribution is 9.10. The third-order valence-corrected chi connectivity index (χ3v) is 4.04. The number of carbonyl (C=O) groups excluding carboxylic acids is 1. The topological polar surface area (TPSA) is 46.1 Å². The second-order valence-electron chi connectivity index (χ2n) is 4.95. The number of hydrogen-bond acceptors (Lipinski definition) is 3. The Balaban J connectivity index is 1.92. The smallest absolute Gasteiger partial charge is 0.232 e. The number of carbonyl (C=O) groups is 1. The van der Waals surface area contributed by atoms with Gasteiger partial charge in [0.2, 0.25) is 11.9 Å². The largest absolute Gasteiger partial charge is 0.280 e. The Morgan fingerprint density at radius 1 is 1.29 bits per heavy atom. The second-order valence-corrected chi connectivity index (χ2v) is 5.87. The van der Waals surface area contributed by atoms with E-state index in [1.54, 1.807) is 11.1 Å². The van der Waals surface area contributed by atoms with Crippen molar-refractivity contribution in [2.45, 2.75) is 6.42 Å². The fourth-order valence-corrected chi connectivity index (χ4v) is 2.61. The number of benzene rings is 1. The molecule has 0 spiro atoms. The summed E-state index contributed by atoms with van der Waals surface area (Å²) in [5.41, 5.74) is 1.80. The molecule has 0 bridgehead atoms. The van der Waals surface area contributed by atoms with Crippen LogP contribution in [0, 0.1) is 5.92 Å². The minimum Gasteiger partial charge on any atom is -0.280 e. The average molecular weight is 344 g/mol. The monoisotopic (exact) mass is 343 g/mol. The highest BCUT2D eigenvalue weighted by Crippen LogP contribution is 2.25. The lowest BCUT2D eigenvalue weighted by Crippen LogP contribution is -2.26. The summed E-state index contributed by atoms with van der Waals surface area (Å²) in [6, 6.07) is 9.74. The van der Waals surface area contributed by atoms with E-state index in [-0.39, 0.29) is 11.8 Å². The van der Waals surface area contributed by atoms with Crippen LogP contribution in [-0.4, -0.2) is 22.4 Å². The molecule has 0 aliphatic carbocycles. The molecule has 0 N–H and O–H groups in total. The van der Waals surface area contributed by atoms with Gasteiger partial charge in [-0.3, -0.25) is 9.69 Å². The van der Waals surface area contributed by atoms with E-state index in [4.69, 9.17) is 0 Å². The first-order valence-corrected chi connectivity index (χ1v) is 7.48. The molecule has 1 aliphatic heterocycles. The summed E-state index contributed by atoms with van der Waals surface area (Å²) in [4.78, 5) is 22.4. The maximum atomic E-state index is 12.0. The normalized spacial score (nSPS) is 18.0. The van der Waals surface area contributed by atoms with Crippen LogP contribution < -0.4 is 4.90 Å². The highest BCUT2D eigenvalue weighted by atomic mass is 79.9. The van der Waals surface area contributed by atoms with Crippen molar-refractivity contribution in [3.05, 3.63) is 53.7 Å². The van der Waals surface area contributed by atoms with Gasteiger partial charge in [0, 0.05) is 35.1 Å². The quantitative estimate of drug-likeness (QED) is 0.802. The molecule has 2 aromatic rings. The zero-order chi connectivity index (χ0) is 14.8. The van der Waals surface area contributed by atoms with Crippen LogP contribution >= 0.6 is 15.9 Å². The van der Waals surface area contributed by atoms with Crippen molar-refractivity contribution in [2.24, 2.45) is 5.92 Å². The van der Waals surface area contributed by atoms with Gasteiger partial charge in [0.05, 0.1) is 5.69 Å². The summed E-state index contributed by atoms with van der Waals surface area (Å²) in [7, 11) is 0. The van der Waals surface area contributed by atoms with Crippen LogP contribution in [0.4, 0.5) is 5.95 Å². The molecule has 2 heterocycles. The van der Waals surface area contributed by atoms with Gasteiger partial charge in [0.1, 0.15) is 0 Å². The van der Waals surface area contributed by atoms with Crippen LogP contribution in [0.15, 0.2) is 53.7 Å². The van der Waals surface area contributed by atoms with E-state index < -0.39 is 0 Å². The van der Waals surface area contributed by atoms with Gasteiger partial charge in [-0.25, -0.2) is 9.97 Å². The fraction of sp³-hybridized carbons (Fsp3) is 0.188. The number of rotatable bonds is 3. The summed E-state index contributed by atoms with van der Waals surface area (Å²) in [5.74, 6) is 0.690. The maximum absolute atomic E-state index is 12.0. The highest BCUT2D eigenvalue weighted by Gasteiger charge is 2.30. The van der Waals surface area contributed by atoms with E-state index in [1.165, 1.54) is 0 Å². The third kappa shape index (κ3) is 2.88. The molecule has 106 valence electrons. The van der Waals surface area contributed by atoms with Gasteiger partial charge in [-0.2, -0.15) is 0 Å². The third-order valence-electron chi connectivity index (χ3n) is 3.51. The van der Waals surface area contributed by atoms with Gasteiger partial charge in [0.15, 0.2) is 0 Å². The van der Waals surface area contributed by atoms with Crippen LogP contribution in [0.3, 0.4) is 0 Å². The summed E-state index contributed by atoms with van der Waals surface area (Å²) in [6.07, 6.45) is 3.99. The number of halogens is 1. The lowest BCUT2D eigenvalue weighted by atomic mass is 10.1. The Morgan fingerprint density at radius 2 is 2.05 bits per heavy atom. The molecule has 1 fully saturated rings. The van der Waals surface area contributed by atoms with Crippen molar-refractivity contribution in [2.75, 3.05) is 11.4 Å². The number of aromatic nitrogens is 2. The van der Waals surface area contributed by atoms with Gasteiger partial charge < -0.3 is 0 Å². The summed E-state index contributed by atoms with van der Waals surface area (Å²) < 4.78 is 1.02. The van der Waals surface area contributed by atoms with Crippen molar-refractivity contribution in [3.8, 4) is 11.3 Å². The SMILES string of the molecule is C=CC1CC(=O)N(c2nccc(-c3ccc(Br)cc3)n2)C1. The number of hydrogen-bond donors (Lipinski definition) is 0. The summed E-state index contributed by atoms with van der Waals surface area (Å²) in [6.45, 7) is 4.36. The van der Waals surface area contributed by atoms with E-state index in [9.17, 15) is 4.79 Å². The molecular weight excluding hydrogens is 330 g/mol. The molecule has 0 radical (unpaired) electrons. The summed E-state index contributed by atoms with van der Waals surface area (Å²) in [5, 5.41) is 0. The molecular formula is C16H14BrN3O. The zero-order valence-corrected chi connectivity index (χ0v) is 13.0. The molecule has 1 aromatic heterocycles. The first-order valence-electron chi connectivity index (χ1n) is 6.69. The minimum atomic E-state index is 0.0489. The van der Waals surface area contributed by atoms with E-state index >= 15 is 0 Å². The molecule has 3 rings (SSSR count). The first-order chi connectivity index (χ1) is 10.2. The Bertz CT molecular complexity index is 684. The summed E-state index contributed by atoms with van der Waals surface area (Å²) >= 11 is 3.41. The first kappa shape index (κ1) is 13.9. The molecule has 1 aliphatic rings. The lowest BCUT2D eigenvalue weighted by molar-refractivity contribution is -0.117. The Labute approximate surface area is 131 Å². The predicted molar refractivity (Wildman–Crippen MR) is 85.8 cm³/mol. The molecule has 4 nitrogen and oxygen atoms in total. The van der Waals surface area contributed by atoms with Gasteiger partial charge >= 0.3 is 0 Å². The van der Waals surface area contributed by atoms with Gasteiger partial charge in [0.25, 0.3) is 0 Å². The number of amides is 1. The van der Waals surface area contributed by atoms with Crippen LogP contribution in [0.25, 0.3) is 11.3 Å². The zero-order valence-electron chi connectivity index (χ0n) is 11.4. The number of anilines is 1. The van der Waals surface area contributed by atoms with Crippen LogP contribution in [0.1, 0.15) is 6.42 Å². The maximum Gasteiger partial charge on any atom is 0.232 e. The van der Waals surface area contributed by atoms with Crippen molar-refractivity contribution >= 4 is 27.8 Å². The second kappa shape index (κ2) is 5.77. The number of nitrogens with zero attached hydrogens (tertiary/aromatic N) is 3. The molecule has 1 atom stereocenters. The Hall–Kier alpha value is -2.01. The van der Waals surface area contributed by atoms with E-state index in [1.807, 2.05) is 36.4 Å². The minimum absolute atomic E-state index is 0.0489. The van der Waals surface area contributed by atoms with Crippen molar-refractivity contribution in [1.29, 1.82) is 0 Å². The molecule has 0 saturated carbocycles. The average Bonchev–Trinajstić information content (AvgIpc) is 2.89. The Kier molecular flexibility index (Phi) is 3.84. The fourth-order valence-electron chi connectivity index (χ4n) is 2.35. The molecule has 21 heavy (non-hydrogen) atoms. The van der Waals surface area contributed by atoms with Crippen LogP contribution in [-0.2, 0) is 4.79 Å². The van der Waals surface area contributed by atoms with Crippen molar-refractivity contribution in [1.82, 2.24) is 9.97 Å². The van der Waals surface area contributed by atoms with Crippen LogP contribution in [0.5, 0.6) is 0 Å². The molecule has 5 heteroatoms. The van der Waals surface area contributed by atoms with E-state index in [2.05, 4.69) is 32.5 Å². The van der Waals surface area contributed by atoms with Crippen molar-refractivity contribution in [3.63, 3.8) is 0 Å². The molecule has 1 aromatic carbocycles. The predicted octanol–water partition coefficient (Wildman–Crippen LogP) is 3.45. The molecule has 1 unspecified atom stereocenters. The molecule has 1 amide bonds. The van der Waals surface area contributed by atoms with Gasteiger partial charge in [-0.05, 0) is 18.2 Å². The standard InChI is InChI=1S/C16H14BrN3O/c1-2-11-9-15(21)20(10-11)16-18-8-7-14(19-16)12-3-5-13(17)6-4-12/h2-8,11H,1,9-10H2. The Morgan fingerprint density at radius 3 is 2.71 bits per heavy atom. The van der Waals surface area contributed by atoms with Crippen molar-refractivity contribution < 1.29 is 4.79 Å². The van der Waals surface area contributed by atoms with E-state index in [0.717, 1.165) is 15.7 Å². The van der Waals surface area contributed by atoms with Crippen LogP contribution in [0.2, 0.25) is 0 Å².